The van der Waals surface area contributed by atoms with Gasteiger partial charge in [-0.05, 0) is 18.9 Å². The van der Waals surface area contributed by atoms with E-state index in [-0.39, 0.29) is 23.1 Å². The molecule has 0 radical (unpaired) electrons. The van der Waals surface area contributed by atoms with E-state index in [0.29, 0.717) is 26.2 Å². The van der Waals surface area contributed by atoms with Crippen molar-refractivity contribution in [1.29, 1.82) is 0 Å². The highest BCUT2D eigenvalue weighted by molar-refractivity contribution is 5.83. The van der Waals surface area contributed by atoms with Gasteiger partial charge in [-0.2, -0.15) is 0 Å². The first-order valence-corrected chi connectivity index (χ1v) is 9.46. The average molecular weight is 359 g/mol. The van der Waals surface area contributed by atoms with Gasteiger partial charge in [0.25, 0.3) is 0 Å². The molecule has 2 fully saturated rings. The van der Waals surface area contributed by atoms with Crippen molar-refractivity contribution in [2.75, 3.05) is 44.2 Å². The van der Waals surface area contributed by atoms with E-state index >= 15 is 0 Å². The molecule has 7 heteroatoms. The van der Waals surface area contributed by atoms with Crippen molar-refractivity contribution in [2.45, 2.75) is 33.6 Å². The first-order valence-electron chi connectivity index (χ1n) is 9.46. The molecule has 0 aliphatic carbocycles. The van der Waals surface area contributed by atoms with Gasteiger partial charge in [0.2, 0.25) is 17.8 Å². The van der Waals surface area contributed by atoms with Gasteiger partial charge in [-0.15, -0.1) is 0 Å². The smallest absolute Gasteiger partial charge is 0.227 e. The third-order valence-corrected chi connectivity index (χ3v) is 5.20. The summed E-state index contributed by atoms with van der Waals surface area (Å²) in [6, 6.07) is 1.81. The second-order valence-electron chi connectivity index (χ2n) is 8.18. The summed E-state index contributed by atoms with van der Waals surface area (Å²) < 4.78 is 0. The van der Waals surface area contributed by atoms with Crippen LogP contribution in [0.4, 0.5) is 5.95 Å². The molecule has 3 heterocycles. The van der Waals surface area contributed by atoms with Crippen molar-refractivity contribution in [3.63, 3.8) is 0 Å². The van der Waals surface area contributed by atoms with Crippen LogP contribution in [0.1, 0.15) is 33.6 Å². The number of hydrogen-bond donors (Lipinski definition) is 0. The molecular formula is C19H29N5O2. The molecule has 2 aliphatic heterocycles. The van der Waals surface area contributed by atoms with Crippen LogP contribution in [0, 0.1) is 11.3 Å². The minimum atomic E-state index is -0.354. The van der Waals surface area contributed by atoms with E-state index < -0.39 is 0 Å². The Morgan fingerprint density at radius 1 is 0.923 bits per heavy atom. The summed E-state index contributed by atoms with van der Waals surface area (Å²) in [4.78, 5) is 39.8. The van der Waals surface area contributed by atoms with Gasteiger partial charge in [-0.25, -0.2) is 9.97 Å². The fourth-order valence-corrected chi connectivity index (χ4v) is 3.64. The molecule has 0 atom stereocenters. The maximum absolute atomic E-state index is 12.8. The second-order valence-corrected chi connectivity index (χ2v) is 8.18. The molecule has 7 nitrogen and oxygen atoms in total. The molecule has 3 rings (SSSR count). The molecule has 26 heavy (non-hydrogen) atoms. The van der Waals surface area contributed by atoms with E-state index in [2.05, 4.69) is 14.9 Å². The van der Waals surface area contributed by atoms with Crippen LogP contribution in [-0.2, 0) is 9.59 Å². The van der Waals surface area contributed by atoms with Gasteiger partial charge in [0.05, 0.1) is 0 Å². The van der Waals surface area contributed by atoms with Gasteiger partial charge in [-0.1, -0.05) is 20.8 Å². The molecular weight excluding hydrogens is 330 g/mol. The fraction of sp³-hybridized carbons (Fsp3) is 0.684. The second kappa shape index (κ2) is 7.60. The third kappa shape index (κ3) is 4.14. The Morgan fingerprint density at radius 3 is 2.04 bits per heavy atom. The number of anilines is 1. The summed E-state index contributed by atoms with van der Waals surface area (Å²) in [5.74, 6) is 1.19. The predicted octanol–water partition coefficient (Wildman–Crippen LogP) is 1.41. The third-order valence-electron chi connectivity index (χ3n) is 5.20. The monoisotopic (exact) mass is 359 g/mol. The number of piperidine rings is 1. The van der Waals surface area contributed by atoms with Crippen LogP contribution in [0.5, 0.6) is 0 Å². The minimum absolute atomic E-state index is 0.0403. The first-order chi connectivity index (χ1) is 12.4. The lowest BCUT2D eigenvalue weighted by atomic mass is 9.90. The number of carbonyl (C=O) groups excluding carboxylic acids is 2. The highest BCUT2D eigenvalue weighted by Gasteiger charge is 2.34. The number of hydrogen-bond acceptors (Lipinski definition) is 5. The summed E-state index contributed by atoms with van der Waals surface area (Å²) in [7, 11) is 0. The Kier molecular flexibility index (Phi) is 5.44. The Labute approximate surface area is 155 Å². The summed E-state index contributed by atoms with van der Waals surface area (Å²) in [5, 5.41) is 0. The number of carbonyl (C=O) groups is 2. The lowest BCUT2D eigenvalue weighted by Gasteiger charge is -2.39. The zero-order chi connectivity index (χ0) is 18.7. The predicted molar refractivity (Wildman–Crippen MR) is 99.6 cm³/mol. The van der Waals surface area contributed by atoms with Gasteiger partial charge >= 0.3 is 0 Å². The highest BCUT2D eigenvalue weighted by atomic mass is 16.2. The van der Waals surface area contributed by atoms with Crippen molar-refractivity contribution in [3.05, 3.63) is 18.5 Å². The molecule has 0 aromatic carbocycles. The molecule has 2 saturated heterocycles. The number of nitrogens with zero attached hydrogens (tertiary/aromatic N) is 5. The highest BCUT2D eigenvalue weighted by Crippen LogP contribution is 2.25. The maximum atomic E-state index is 12.8. The first kappa shape index (κ1) is 18.6. The van der Waals surface area contributed by atoms with E-state index in [1.165, 1.54) is 0 Å². The van der Waals surface area contributed by atoms with Crippen LogP contribution in [0.3, 0.4) is 0 Å². The van der Waals surface area contributed by atoms with E-state index in [4.69, 9.17) is 0 Å². The van der Waals surface area contributed by atoms with Gasteiger partial charge in [0.1, 0.15) is 0 Å². The molecule has 0 N–H and O–H groups in total. The lowest BCUT2D eigenvalue weighted by molar-refractivity contribution is -0.145. The molecule has 1 aromatic heterocycles. The number of rotatable bonds is 2. The molecule has 2 aliphatic rings. The van der Waals surface area contributed by atoms with E-state index in [9.17, 15) is 9.59 Å². The zero-order valence-corrected chi connectivity index (χ0v) is 16.0. The van der Waals surface area contributed by atoms with Gasteiger partial charge in [0.15, 0.2) is 0 Å². The van der Waals surface area contributed by atoms with Gasteiger partial charge in [-0.3, -0.25) is 9.59 Å². The number of piperazine rings is 1. The number of likely N-dealkylation sites (tertiary alicyclic amines) is 1. The quantitative estimate of drug-likeness (QED) is 0.799. The summed E-state index contributed by atoms with van der Waals surface area (Å²) in [6.07, 6.45) is 5.02. The topological polar surface area (TPSA) is 69.6 Å². The van der Waals surface area contributed by atoms with Crippen LogP contribution < -0.4 is 4.90 Å². The fourth-order valence-electron chi connectivity index (χ4n) is 3.64. The van der Waals surface area contributed by atoms with Crippen LogP contribution in [0.25, 0.3) is 0 Å². The number of amides is 2. The SMILES string of the molecule is CC(C)(C)C(=O)N1CCC(C(=O)N2CCN(c3ncccn3)CC2)CC1. The van der Waals surface area contributed by atoms with E-state index in [1.807, 2.05) is 30.6 Å². The van der Waals surface area contributed by atoms with Gasteiger partial charge < -0.3 is 14.7 Å². The zero-order valence-electron chi connectivity index (χ0n) is 16.0. The van der Waals surface area contributed by atoms with Crippen molar-refractivity contribution in [2.24, 2.45) is 11.3 Å². The lowest BCUT2D eigenvalue weighted by Crippen LogP contribution is -2.52. The molecule has 1 aromatic rings. The Bertz CT molecular complexity index is 627. The Balaban J connectivity index is 1.48. The summed E-state index contributed by atoms with van der Waals surface area (Å²) in [6.45, 7) is 10.1. The average Bonchev–Trinajstić information content (AvgIpc) is 2.67. The van der Waals surface area contributed by atoms with Crippen LogP contribution >= 0.6 is 0 Å². The van der Waals surface area contributed by atoms with Crippen molar-refractivity contribution < 1.29 is 9.59 Å². The minimum Gasteiger partial charge on any atom is -0.342 e. The summed E-state index contributed by atoms with van der Waals surface area (Å²) >= 11 is 0. The molecule has 0 bridgehead atoms. The molecule has 0 spiro atoms. The molecule has 2 amide bonds. The van der Waals surface area contributed by atoms with Crippen LogP contribution in [0.2, 0.25) is 0 Å². The van der Waals surface area contributed by atoms with Gasteiger partial charge in [0, 0.05) is 63.0 Å². The molecule has 0 saturated carbocycles. The maximum Gasteiger partial charge on any atom is 0.227 e. The summed E-state index contributed by atoms with van der Waals surface area (Å²) in [5.41, 5.74) is -0.354. The Hall–Kier alpha value is -2.18. The molecule has 142 valence electrons. The van der Waals surface area contributed by atoms with Crippen molar-refractivity contribution in [3.8, 4) is 0 Å². The standard InChI is InChI=1S/C19H29N5O2/c1-19(2,3)17(26)23-9-5-15(6-10-23)16(25)22-11-13-24(14-12-22)18-20-7-4-8-21-18/h4,7-8,15H,5-6,9-14H2,1-3H3. The molecule has 0 unspecified atom stereocenters. The van der Waals surface area contributed by atoms with E-state index in [0.717, 1.165) is 31.9 Å². The normalized spacial score (nSPS) is 19.6. The van der Waals surface area contributed by atoms with Crippen molar-refractivity contribution >= 4 is 17.8 Å². The van der Waals surface area contributed by atoms with Crippen LogP contribution in [0.15, 0.2) is 18.5 Å². The van der Waals surface area contributed by atoms with E-state index in [1.54, 1.807) is 18.5 Å². The number of aromatic nitrogens is 2. The largest absolute Gasteiger partial charge is 0.342 e. The Morgan fingerprint density at radius 2 is 1.50 bits per heavy atom. The van der Waals surface area contributed by atoms with Crippen LogP contribution in [-0.4, -0.2) is 70.9 Å². The van der Waals surface area contributed by atoms with Crippen molar-refractivity contribution in [1.82, 2.24) is 19.8 Å².